The molecule has 4 nitrogen and oxygen atoms in total. The topological polar surface area (TPSA) is 52.6 Å². The molecule has 0 radical (unpaired) electrons. The fraction of sp³-hybridized carbons (Fsp3) is 0.353. The Kier molecular flexibility index (Phi) is 2.86. The average Bonchev–Trinajstić information content (AvgIpc) is 3.10. The van der Waals surface area contributed by atoms with Gasteiger partial charge in [-0.3, -0.25) is 0 Å². The minimum Gasteiger partial charge on any atom is -0.391 e. The number of aliphatic hydroxyl groups excluding tert-OH is 1. The van der Waals surface area contributed by atoms with Crippen LogP contribution in [0.1, 0.15) is 17.5 Å². The lowest BCUT2D eigenvalue weighted by molar-refractivity contribution is 0.176. The number of nitrogens with one attached hydrogen (secondary N) is 1. The van der Waals surface area contributed by atoms with E-state index in [1.54, 1.807) is 4.90 Å². The number of hydrogen-bond donors (Lipinski definition) is 2. The Hall–Kier alpha value is -2.07. The number of nitrogens with zero attached hydrogens (tertiary/aromatic N) is 1. The van der Waals surface area contributed by atoms with Gasteiger partial charge in [-0.1, -0.05) is 24.3 Å². The molecule has 1 saturated heterocycles. The molecule has 0 saturated carbocycles. The van der Waals surface area contributed by atoms with Crippen LogP contribution in [0.25, 0.3) is 10.8 Å². The summed E-state index contributed by atoms with van der Waals surface area (Å²) in [5.41, 5.74) is 3.61. The van der Waals surface area contributed by atoms with Crippen LogP contribution >= 0.6 is 0 Å². The maximum atomic E-state index is 12.3. The van der Waals surface area contributed by atoms with Crippen molar-refractivity contribution in [3.8, 4) is 0 Å². The Morgan fingerprint density at radius 1 is 1.19 bits per heavy atom. The van der Waals surface area contributed by atoms with Gasteiger partial charge in [0.15, 0.2) is 0 Å². The number of aliphatic hydroxyl groups is 1. The summed E-state index contributed by atoms with van der Waals surface area (Å²) in [5.74, 6) is 0. The number of anilines is 1. The minimum absolute atomic E-state index is 0.120. The van der Waals surface area contributed by atoms with E-state index in [1.807, 2.05) is 6.07 Å². The first kappa shape index (κ1) is 12.7. The monoisotopic (exact) mass is 282 g/mol. The molecule has 0 bridgehead atoms. The van der Waals surface area contributed by atoms with E-state index in [1.165, 1.54) is 16.5 Å². The van der Waals surface area contributed by atoms with E-state index in [-0.39, 0.29) is 12.1 Å². The molecular formula is C17H18N2O2. The van der Waals surface area contributed by atoms with Crippen LogP contribution < -0.4 is 5.32 Å². The van der Waals surface area contributed by atoms with Crippen molar-refractivity contribution in [2.75, 3.05) is 18.4 Å². The molecule has 108 valence electrons. The van der Waals surface area contributed by atoms with Crippen molar-refractivity contribution < 1.29 is 9.90 Å². The Morgan fingerprint density at radius 2 is 2.00 bits per heavy atom. The molecule has 1 fully saturated rings. The molecule has 0 spiro atoms. The molecule has 2 aromatic carbocycles. The van der Waals surface area contributed by atoms with E-state index in [2.05, 4.69) is 29.6 Å². The van der Waals surface area contributed by atoms with Crippen LogP contribution in [0.3, 0.4) is 0 Å². The van der Waals surface area contributed by atoms with E-state index < -0.39 is 0 Å². The highest BCUT2D eigenvalue weighted by Crippen LogP contribution is 2.35. The molecule has 0 unspecified atom stereocenters. The number of carbonyl (C=O) groups is 1. The largest absolute Gasteiger partial charge is 0.391 e. The molecule has 1 aliphatic heterocycles. The second-order valence-electron chi connectivity index (χ2n) is 5.93. The van der Waals surface area contributed by atoms with Crippen molar-refractivity contribution in [3.63, 3.8) is 0 Å². The summed E-state index contributed by atoms with van der Waals surface area (Å²) in [6, 6.07) is 10.3. The fourth-order valence-electron chi connectivity index (χ4n) is 3.48. The Labute approximate surface area is 123 Å². The Balaban J connectivity index is 1.67. The molecule has 1 aliphatic carbocycles. The van der Waals surface area contributed by atoms with Crippen molar-refractivity contribution in [2.24, 2.45) is 0 Å². The van der Waals surface area contributed by atoms with Gasteiger partial charge in [0.2, 0.25) is 0 Å². The maximum Gasteiger partial charge on any atom is 0.321 e. The third-order valence-electron chi connectivity index (χ3n) is 4.57. The molecule has 0 aromatic heterocycles. The van der Waals surface area contributed by atoms with Crippen LogP contribution in [0.4, 0.5) is 10.5 Å². The average molecular weight is 282 g/mol. The molecule has 2 N–H and O–H groups in total. The highest BCUT2D eigenvalue weighted by atomic mass is 16.3. The lowest BCUT2D eigenvalue weighted by Gasteiger charge is -2.18. The van der Waals surface area contributed by atoms with Crippen molar-refractivity contribution in [1.29, 1.82) is 0 Å². The van der Waals surface area contributed by atoms with Crippen molar-refractivity contribution in [1.82, 2.24) is 4.90 Å². The minimum atomic E-state index is -0.386. The first-order chi connectivity index (χ1) is 10.2. The number of aryl methyl sites for hydroxylation is 2. The van der Waals surface area contributed by atoms with E-state index in [9.17, 15) is 9.90 Å². The van der Waals surface area contributed by atoms with E-state index in [0.29, 0.717) is 19.5 Å². The maximum absolute atomic E-state index is 12.3. The lowest BCUT2D eigenvalue weighted by atomic mass is 10.0. The quantitative estimate of drug-likeness (QED) is 0.844. The highest BCUT2D eigenvalue weighted by Gasteiger charge is 2.25. The van der Waals surface area contributed by atoms with Crippen molar-refractivity contribution in [2.45, 2.75) is 25.4 Å². The Morgan fingerprint density at radius 3 is 2.76 bits per heavy atom. The molecule has 4 rings (SSSR count). The van der Waals surface area contributed by atoms with Gasteiger partial charge < -0.3 is 15.3 Å². The van der Waals surface area contributed by atoms with Crippen LogP contribution in [-0.2, 0) is 12.8 Å². The predicted octanol–water partition coefficient (Wildman–Crippen LogP) is 2.54. The summed E-state index contributed by atoms with van der Waals surface area (Å²) in [7, 11) is 0. The van der Waals surface area contributed by atoms with E-state index >= 15 is 0 Å². The normalized spacial score (nSPS) is 20.2. The number of benzene rings is 2. The summed E-state index contributed by atoms with van der Waals surface area (Å²) >= 11 is 0. The Bertz CT molecular complexity index is 716. The predicted molar refractivity (Wildman–Crippen MR) is 82.6 cm³/mol. The van der Waals surface area contributed by atoms with Gasteiger partial charge >= 0.3 is 6.03 Å². The molecule has 2 aromatic rings. The van der Waals surface area contributed by atoms with Crippen LogP contribution in [-0.4, -0.2) is 35.2 Å². The third-order valence-corrected chi connectivity index (χ3v) is 4.57. The first-order valence-corrected chi connectivity index (χ1v) is 7.50. The van der Waals surface area contributed by atoms with Gasteiger partial charge in [-0.25, -0.2) is 4.79 Å². The van der Waals surface area contributed by atoms with E-state index in [0.717, 1.165) is 23.9 Å². The van der Waals surface area contributed by atoms with E-state index in [4.69, 9.17) is 0 Å². The highest BCUT2D eigenvalue weighted by molar-refractivity contribution is 6.04. The first-order valence-electron chi connectivity index (χ1n) is 7.50. The molecule has 4 heteroatoms. The number of carbonyl (C=O) groups excluding carboxylic acids is 1. The summed E-state index contributed by atoms with van der Waals surface area (Å²) < 4.78 is 0. The summed E-state index contributed by atoms with van der Waals surface area (Å²) in [4.78, 5) is 14.0. The molecule has 2 amide bonds. The van der Waals surface area contributed by atoms with Crippen LogP contribution in [0.2, 0.25) is 0 Å². The van der Waals surface area contributed by atoms with Gasteiger partial charge in [0.25, 0.3) is 0 Å². The molecule has 1 atom stereocenters. The number of rotatable bonds is 1. The van der Waals surface area contributed by atoms with Crippen LogP contribution in [0, 0.1) is 0 Å². The SMILES string of the molecule is O=C(Nc1ccc2c3c(cccc13)CC2)N1CC[C@H](O)C1. The zero-order valence-corrected chi connectivity index (χ0v) is 11.8. The van der Waals surface area contributed by atoms with Gasteiger partial charge in [0, 0.05) is 18.5 Å². The van der Waals surface area contributed by atoms with Gasteiger partial charge in [-0.2, -0.15) is 0 Å². The molecular weight excluding hydrogens is 264 g/mol. The zero-order valence-electron chi connectivity index (χ0n) is 11.8. The fourth-order valence-corrected chi connectivity index (χ4v) is 3.48. The van der Waals surface area contributed by atoms with Crippen LogP contribution in [0.5, 0.6) is 0 Å². The number of amides is 2. The number of β-amino-alcohol motifs (C(OH)–C–C–N with tert-alkyl or cyclic N) is 1. The molecule has 1 heterocycles. The molecule has 21 heavy (non-hydrogen) atoms. The van der Waals surface area contributed by atoms with Gasteiger partial charge in [-0.05, 0) is 41.8 Å². The lowest BCUT2D eigenvalue weighted by Crippen LogP contribution is -2.33. The second-order valence-corrected chi connectivity index (χ2v) is 5.93. The standard InChI is InChI=1S/C17H18N2O2/c20-13-8-9-19(10-13)17(21)18-15-7-6-12-5-4-11-2-1-3-14(15)16(11)12/h1-3,6-7,13,20H,4-5,8-10H2,(H,18,21)/t13-/m0/s1. The summed E-state index contributed by atoms with van der Waals surface area (Å²) in [6.07, 6.45) is 2.45. The number of likely N-dealkylation sites (tertiary alicyclic amines) is 1. The zero-order chi connectivity index (χ0) is 14.4. The summed E-state index contributed by atoms with van der Waals surface area (Å²) in [6.45, 7) is 1.04. The molecule has 2 aliphatic rings. The summed E-state index contributed by atoms with van der Waals surface area (Å²) in [5, 5.41) is 15.0. The number of hydrogen-bond acceptors (Lipinski definition) is 2. The number of urea groups is 1. The van der Waals surface area contributed by atoms with Gasteiger partial charge in [0.05, 0.1) is 11.8 Å². The third kappa shape index (κ3) is 2.07. The van der Waals surface area contributed by atoms with Gasteiger partial charge in [-0.15, -0.1) is 0 Å². The van der Waals surface area contributed by atoms with Gasteiger partial charge in [0.1, 0.15) is 0 Å². The van der Waals surface area contributed by atoms with Crippen molar-refractivity contribution in [3.05, 3.63) is 41.5 Å². The van der Waals surface area contributed by atoms with Crippen LogP contribution in [0.15, 0.2) is 30.3 Å². The second kappa shape index (κ2) is 4.74. The smallest absolute Gasteiger partial charge is 0.321 e. The van der Waals surface area contributed by atoms with Crippen molar-refractivity contribution >= 4 is 22.5 Å².